The van der Waals surface area contributed by atoms with Gasteiger partial charge in [-0.2, -0.15) is 0 Å². The van der Waals surface area contributed by atoms with Gasteiger partial charge < -0.3 is 20.6 Å². The van der Waals surface area contributed by atoms with Gasteiger partial charge in [-0.25, -0.2) is 0 Å². The van der Waals surface area contributed by atoms with E-state index in [1.54, 1.807) is 0 Å². The Kier molecular flexibility index (Phi) is 5.24. The van der Waals surface area contributed by atoms with Crippen molar-refractivity contribution in [2.45, 2.75) is 37.5 Å². The molecule has 1 radical (unpaired) electrons. The van der Waals surface area contributed by atoms with E-state index in [9.17, 15) is 9.90 Å². The number of rotatable bonds is 7. The minimum Gasteiger partial charge on any atom is -0.480 e. The van der Waals surface area contributed by atoms with Gasteiger partial charge in [0, 0.05) is 6.61 Å². The van der Waals surface area contributed by atoms with E-state index < -0.39 is 11.5 Å². The van der Waals surface area contributed by atoms with Crippen molar-refractivity contribution < 1.29 is 20.0 Å². The van der Waals surface area contributed by atoms with Crippen LogP contribution in [0.4, 0.5) is 0 Å². The molecular formula is C10H19BNO4. The van der Waals surface area contributed by atoms with Gasteiger partial charge in [-0.3, -0.25) is 4.79 Å². The first-order valence-electron chi connectivity index (χ1n) is 5.72. The minimum absolute atomic E-state index is 0.0390. The summed E-state index contributed by atoms with van der Waals surface area (Å²) in [6.07, 6.45) is 3.19. The molecule has 6 heteroatoms. The van der Waals surface area contributed by atoms with Crippen molar-refractivity contribution in [3.8, 4) is 0 Å². The highest BCUT2D eigenvalue weighted by Crippen LogP contribution is 2.34. The number of aliphatic hydroxyl groups is 1. The van der Waals surface area contributed by atoms with Crippen molar-refractivity contribution in [3.05, 3.63) is 0 Å². The standard InChI is InChI=1S/C10H19BNO4/c13-7-4-10(9(14)15)8(3-6-12-10)2-1-5-11-16/h8,12-13,16H,1-7H2,(H,14,15)/t8-,10+/m1/s1. The minimum atomic E-state index is -0.968. The molecule has 1 rings (SSSR count). The number of carboxylic acids is 1. The van der Waals surface area contributed by atoms with Gasteiger partial charge >= 0.3 is 5.97 Å². The van der Waals surface area contributed by atoms with Crippen molar-refractivity contribution in [1.29, 1.82) is 0 Å². The van der Waals surface area contributed by atoms with Crippen molar-refractivity contribution in [1.82, 2.24) is 5.32 Å². The maximum absolute atomic E-state index is 11.3. The van der Waals surface area contributed by atoms with E-state index in [1.807, 2.05) is 0 Å². The zero-order valence-corrected chi connectivity index (χ0v) is 9.35. The maximum atomic E-state index is 11.3. The lowest BCUT2D eigenvalue weighted by molar-refractivity contribution is -0.147. The van der Waals surface area contributed by atoms with Crippen molar-refractivity contribution in [3.63, 3.8) is 0 Å². The predicted octanol–water partition coefficient (Wildman–Crippen LogP) is -0.388. The smallest absolute Gasteiger partial charge is 0.324 e. The summed E-state index contributed by atoms with van der Waals surface area (Å²) in [6.45, 7) is 0.557. The van der Waals surface area contributed by atoms with E-state index in [0.29, 0.717) is 12.9 Å². The van der Waals surface area contributed by atoms with E-state index in [2.05, 4.69) is 5.32 Å². The fourth-order valence-electron chi connectivity index (χ4n) is 2.53. The zero-order valence-electron chi connectivity index (χ0n) is 9.35. The first-order valence-corrected chi connectivity index (χ1v) is 5.72. The first kappa shape index (κ1) is 13.5. The Morgan fingerprint density at radius 2 is 2.31 bits per heavy atom. The lowest BCUT2D eigenvalue weighted by atomic mass is 9.78. The largest absolute Gasteiger partial charge is 0.480 e. The SMILES string of the molecule is O=C(O)[C@@]1(CCO)NCC[C@H]1CCC[B]O. The fourth-order valence-corrected chi connectivity index (χ4v) is 2.53. The molecule has 91 valence electrons. The lowest BCUT2D eigenvalue weighted by Gasteiger charge is -2.30. The molecule has 0 saturated carbocycles. The van der Waals surface area contributed by atoms with Crippen LogP contribution < -0.4 is 5.32 Å². The second-order valence-electron chi connectivity index (χ2n) is 4.28. The van der Waals surface area contributed by atoms with Gasteiger partial charge in [0.1, 0.15) is 5.54 Å². The number of carbonyl (C=O) groups is 1. The molecule has 16 heavy (non-hydrogen) atoms. The van der Waals surface area contributed by atoms with Crippen LogP contribution >= 0.6 is 0 Å². The third-order valence-electron chi connectivity index (χ3n) is 3.40. The Morgan fingerprint density at radius 1 is 1.56 bits per heavy atom. The van der Waals surface area contributed by atoms with Crippen LogP contribution in [0, 0.1) is 5.92 Å². The summed E-state index contributed by atoms with van der Waals surface area (Å²) in [5, 5.41) is 29.9. The van der Waals surface area contributed by atoms with Crippen LogP contribution in [0.5, 0.6) is 0 Å². The second-order valence-corrected chi connectivity index (χ2v) is 4.28. The third-order valence-corrected chi connectivity index (χ3v) is 3.40. The fraction of sp³-hybridized carbons (Fsp3) is 0.900. The second kappa shape index (κ2) is 6.22. The summed E-state index contributed by atoms with van der Waals surface area (Å²) < 4.78 is 0. The van der Waals surface area contributed by atoms with Gasteiger partial charge in [-0.05, 0) is 31.7 Å². The Balaban J connectivity index is 2.62. The van der Waals surface area contributed by atoms with Crippen molar-refractivity contribution in [2.24, 2.45) is 5.92 Å². The number of carboxylic acid groups (broad SMARTS) is 1. The Labute approximate surface area is 96.1 Å². The Bertz CT molecular complexity index is 239. The highest BCUT2D eigenvalue weighted by molar-refractivity contribution is 6.25. The van der Waals surface area contributed by atoms with Crippen LogP contribution in [0.25, 0.3) is 0 Å². The molecule has 0 aliphatic carbocycles. The van der Waals surface area contributed by atoms with E-state index >= 15 is 0 Å². The number of aliphatic hydroxyl groups excluding tert-OH is 1. The zero-order chi connectivity index (χ0) is 12.0. The average molecular weight is 228 g/mol. The Morgan fingerprint density at radius 3 is 2.88 bits per heavy atom. The van der Waals surface area contributed by atoms with Crippen molar-refractivity contribution in [2.75, 3.05) is 13.2 Å². The molecule has 1 aliphatic heterocycles. The van der Waals surface area contributed by atoms with Crippen LogP contribution in [-0.4, -0.2) is 47.4 Å². The van der Waals surface area contributed by atoms with Gasteiger partial charge in [-0.15, -0.1) is 0 Å². The van der Waals surface area contributed by atoms with E-state index in [4.69, 9.17) is 10.1 Å². The topological polar surface area (TPSA) is 89.8 Å². The van der Waals surface area contributed by atoms with Crippen LogP contribution in [0.15, 0.2) is 0 Å². The van der Waals surface area contributed by atoms with E-state index in [1.165, 1.54) is 0 Å². The Hall–Kier alpha value is -0.585. The van der Waals surface area contributed by atoms with Crippen LogP contribution in [0.1, 0.15) is 25.7 Å². The monoisotopic (exact) mass is 228 g/mol. The molecule has 0 spiro atoms. The van der Waals surface area contributed by atoms with Crippen LogP contribution in [0.2, 0.25) is 6.32 Å². The summed E-state index contributed by atoms with van der Waals surface area (Å²) in [6, 6.07) is 0. The summed E-state index contributed by atoms with van der Waals surface area (Å²) in [7, 11) is 1.11. The molecule has 2 atom stereocenters. The molecule has 0 bridgehead atoms. The molecule has 1 heterocycles. The predicted molar refractivity (Wildman–Crippen MR) is 60.2 cm³/mol. The average Bonchev–Trinajstić information content (AvgIpc) is 2.64. The normalized spacial score (nSPS) is 29.2. The highest BCUT2D eigenvalue weighted by atomic mass is 16.4. The van der Waals surface area contributed by atoms with Gasteiger partial charge in [0.25, 0.3) is 7.48 Å². The number of aliphatic carboxylic acids is 1. The van der Waals surface area contributed by atoms with Crippen LogP contribution in [0.3, 0.4) is 0 Å². The summed E-state index contributed by atoms with van der Waals surface area (Å²) >= 11 is 0. The summed E-state index contributed by atoms with van der Waals surface area (Å²) in [5.41, 5.74) is -0.968. The summed E-state index contributed by atoms with van der Waals surface area (Å²) in [4.78, 5) is 11.3. The number of hydrogen-bond acceptors (Lipinski definition) is 4. The first-order chi connectivity index (χ1) is 7.67. The maximum Gasteiger partial charge on any atom is 0.324 e. The molecular weight excluding hydrogens is 209 g/mol. The van der Waals surface area contributed by atoms with Crippen molar-refractivity contribution >= 4 is 13.5 Å². The quantitative estimate of drug-likeness (QED) is 0.352. The lowest BCUT2D eigenvalue weighted by Crippen LogP contribution is -2.52. The highest BCUT2D eigenvalue weighted by Gasteiger charge is 2.47. The van der Waals surface area contributed by atoms with Gasteiger partial charge in [0.05, 0.1) is 0 Å². The molecule has 1 fully saturated rings. The molecule has 1 aliphatic rings. The molecule has 0 aromatic carbocycles. The molecule has 0 aromatic rings. The van der Waals surface area contributed by atoms with Crippen LogP contribution in [-0.2, 0) is 4.79 Å². The molecule has 4 N–H and O–H groups in total. The summed E-state index contributed by atoms with van der Waals surface area (Å²) in [5.74, 6) is -0.839. The molecule has 0 unspecified atom stereocenters. The third kappa shape index (κ3) is 2.75. The number of nitrogens with one attached hydrogen (secondary N) is 1. The van der Waals surface area contributed by atoms with E-state index in [0.717, 1.165) is 26.7 Å². The van der Waals surface area contributed by atoms with Gasteiger partial charge in [0.2, 0.25) is 0 Å². The molecule has 0 aromatic heterocycles. The van der Waals surface area contributed by atoms with Gasteiger partial charge in [0.15, 0.2) is 0 Å². The number of hydrogen-bond donors (Lipinski definition) is 4. The molecule has 0 amide bonds. The van der Waals surface area contributed by atoms with Gasteiger partial charge in [-0.1, -0.05) is 12.7 Å². The van der Waals surface area contributed by atoms with E-state index in [-0.39, 0.29) is 18.9 Å². The molecule has 1 saturated heterocycles. The molecule has 5 nitrogen and oxygen atoms in total.